The molecule has 1 amide bonds. The minimum absolute atomic E-state index is 0. The molecule has 10 nitrogen and oxygen atoms in total. The van der Waals surface area contributed by atoms with Crippen molar-refractivity contribution in [3.05, 3.63) is 70.6 Å². The van der Waals surface area contributed by atoms with Gasteiger partial charge in [0.2, 0.25) is 0 Å². The summed E-state index contributed by atoms with van der Waals surface area (Å²) in [7, 11) is -4.63. The second-order valence-electron chi connectivity index (χ2n) is 9.54. The van der Waals surface area contributed by atoms with Crippen LogP contribution in [0.5, 0.6) is 11.5 Å². The van der Waals surface area contributed by atoms with Crippen molar-refractivity contribution in [1.29, 1.82) is 0 Å². The van der Waals surface area contributed by atoms with E-state index in [1.807, 2.05) is 30.3 Å². The van der Waals surface area contributed by atoms with E-state index in [9.17, 15) is 17.8 Å². The Morgan fingerprint density at radius 1 is 1.16 bits per heavy atom. The Labute approximate surface area is 234 Å². The van der Waals surface area contributed by atoms with Gasteiger partial charge in [-0.25, -0.2) is 0 Å². The van der Waals surface area contributed by atoms with E-state index in [2.05, 4.69) is 15.5 Å². The van der Waals surface area contributed by atoms with Crippen molar-refractivity contribution in [2.45, 2.75) is 31.0 Å². The van der Waals surface area contributed by atoms with Gasteiger partial charge in [0.25, 0.3) is 16.0 Å². The van der Waals surface area contributed by atoms with E-state index in [-0.39, 0.29) is 53.5 Å². The molecule has 1 aromatic rings. The molecular formula is C25H30Cl2N4O6S. The maximum Gasteiger partial charge on any atom is 0.297 e. The maximum absolute atomic E-state index is 13.3. The van der Waals surface area contributed by atoms with Crippen LogP contribution in [0.4, 0.5) is 0 Å². The summed E-state index contributed by atoms with van der Waals surface area (Å²) in [5, 5.41) is 6.22. The van der Waals surface area contributed by atoms with E-state index in [1.165, 1.54) is 0 Å². The molecule has 5 heterocycles. The number of ether oxygens (including phenoxy) is 2. The number of nitrogens with one attached hydrogen (secondary N) is 2. The van der Waals surface area contributed by atoms with Crippen molar-refractivity contribution in [3.63, 3.8) is 0 Å². The van der Waals surface area contributed by atoms with E-state index < -0.39 is 16.0 Å². The van der Waals surface area contributed by atoms with Crippen LogP contribution in [0.15, 0.2) is 70.6 Å². The van der Waals surface area contributed by atoms with Gasteiger partial charge in [-0.05, 0) is 43.2 Å². The van der Waals surface area contributed by atoms with Gasteiger partial charge in [0, 0.05) is 32.2 Å². The zero-order valence-electron chi connectivity index (χ0n) is 20.4. The van der Waals surface area contributed by atoms with Crippen molar-refractivity contribution in [3.8, 4) is 11.5 Å². The van der Waals surface area contributed by atoms with Crippen molar-refractivity contribution in [1.82, 2.24) is 20.4 Å². The molecule has 5 aliphatic rings. The smallest absolute Gasteiger partial charge is 0.297 e. The Bertz CT molecular complexity index is 1320. The van der Waals surface area contributed by atoms with E-state index in [0.717, 1.165) is 49.8 Å². The van der Waals surface area contributed by atoms with Crippen LogP contribution in [0.25, 0.3) is 0 Å². The SMILES string of the molecule is Cl.Cl.O=C(NC1CCN(CC2COc3ccccc3O2)CC1)C1=CC2CNC3=CC=CC(=C1S(=O)(=O)O)N32. The number of para-hydroxylation sites is 2. The number of rotatable bonds is 5. The monoisotopic (exact) mass is 584 g/mol. The highest BCUT2D eigenvalue weighted by Gasteiger charge is 2.41. The van der Waals surface area contributed by atoms with Crippen molar-refractivity contribution < 1.29 is 27.2 Å². The van der Waals surface area contributed by atoms with Crippen LogP contribution in [0.2, 0.25) is 0 Å². The van der Waals surface area contributed by atoms with E-state index in [0.29, 0.717) is 18.8 Å². The lowest BCUT2D eigenvalue weighted by molar-refractivity contribution is -0.118. The zero-order valence-corrected chi connectivity index (χ0v) is 22.9. The lowest BCUT2D eigenvalue weighted by Crippen LogP contribution is -2.49. The molecule has 0 saturated carbocycles. The van der Waals surface area contributed by atoms with Gasteiger partial charge in [0.1, 0.15) is 23.4 Å². The summed E-state index contributed by atoms with van der Waals surface area (Å²) in [6.45, 7) is 3.31. The van der Waals surface area contributed by atoms with Gasteiger partial charge < -0.3 is 25.0 Å². The average molecular weight is 586 g/mol. The quantitative estimate of drug-likeness (QED) is 0.446. The minimum atomic E-state index is -4.63. The standard InChI is InChI=1S/C25H28N4O6S.2ClH/c30-25(19-12-17-13-26-23-7-3-4-20(29(17)23)24(19)36(31,32)33)27-16-8-10-28(11-9-16)14-18-15-34-21-5-1-2-6-22(21)35-18;;/h1-7,12,16-18,26H,8-11,13-15H2,(H,27,30)(H,31,32,33);2*1H. The molecular weight excluding hydrogens is 555 g/mol. The number of fused-ring (bicyclic) bond motifs is 1. The molecule has 0 aromatic heterocycles. The highest BCUT2D eigenvalue weighted by atomic mass is 35.5. The summed E-state index contributed by atoms with van der Waals surface area (Å²) < 4.78 is 46.6. The molecule has 2 atom stereocenters. The van der Waals surface area contributed by atoms with Crippen molar-refractivity contribution in [2.24, 2.45) is 0 Å². The second kappa shape index (κ2) is 11.2. The number of nitrogens with zero attached hydrogens (tertiary/aromatic N) is 2. The molecule has 0 radical (unpaired) electrons. The fourth-order valence-corrected chi connectivity index (χ4v) is 6.33. The first-order valence-electron chi connectivity index (χ1n) is 12.1. The summed E-state index contributed by atoms with van der Waals surface area (Å²) in [6.07, 6.45) is 8.17. The van der Waals surface area contributed by atoms with E-state index >= 15 is 0 Å². The van der Waals surface area contributed by atoms with Gasteiger partial charge in [-0.2, -0.15) is 8.42 Å². The summed E-state index contributed by atoms with van der Waals surface area (Å²) in [4.78, 5) is 17.0. The average Bonchev–Trinajstić information content (AvgIpc) is 3.28. The second-order valence-corrected chi connectivity index (χ2v) is 10.9. The number of hydrogen-bond acceptors (Lipinski definition) is 8. The minimum Gasteiger partial charge on any atom is -0.486 e. The summed E-state index contributed by atoms with van der Waals surface area (Å²) in [5.41, 5.74) is 0.306. The van der Waals surface area contributed by atoms with Gasteiger partial charge >= 0.3 is 0 Å². The predicted molar refractivity (Wildman–Crippen MR) is 146 cm³/mol. The van der Waals surface area contributed by atoms with E-state index in [1.54, 1.807) is 23.1 Å². The third kappa shape index (κ3) is 5.39. The molecule has 2 fully saturated rings. The van der Waals surface area contributed by atoms with Crippen LogP contribution >= 0.6 is 24.8 Å². The molecule has 206 valence electrons. The van der Waals surface area contributed by atoms with Crippen LogP contribution in [0.3, 0.4) is 0 Å². The van der Waals surface area contributed by atoms with Crippen molar-refractivity contribution >= 4 is 40.8 Å². The molecule has 1 aromatic carbocycles. The first-order valence-corrected chi connectivity index (χ1v) is 13.6. The molecule has 13 heteroatoms. The summed E-state index contributed by atoms with van der Waals surface area (Å²) >= 11 is 0. The molecule has 0 bridgehead atoms. The number of piperidine rings is 1. The molecule has 2 unspecified atom stereocenters. The number of halogens is 2. The normalized spacial score (nSPS) is 24.3. The third-order valence-electron chi connectivity index (χ3n) is 7.14. The Hall–Kier alpha value is -2.70. The molecule has 6 rings (SSSR count). The molecule has 5 aliphatic heterocycles. The van der Waals surface area contributed by atoms with Crippen LogP contribution in [0.1, 0.15) is 12.8 Å². The zero-order chi connectivity index (χ0) is 24.9. The Balaban J connectivity index is 0.00000168. The highest BCUT2D eigenvalue weighted by Crippen LogP contribution is 2.37. The largest absolute Gasteiger partial charge is 0.486 e. The third-order valence-corrected chi connectivity index (χ3v) is 8.09. The first kappa shape index (κ1) is 28.3. The van der Waals surface area contributed by atoms with Gasteiger partial charge in [-0.15, -0.1) is 24.8 Å². The number of carbonyl (C=O) groups excluding carboxylic acids is 1. The Morgan fingerprint density at radius 2 is 1.89 bits per heavy atom. The van der Waals surface area contributed by atoms with Crippen molar-refractivity contribution in [2.75, 3.05) is 32.8 Å². The predicted octanol–water partition coefficient (Wildman–Crippen LogP) is 1.97. The molecule has 3 N–H and O–H groups in total. The molecule has 0 spiro atoms. The van der Waals surface area contributed by atoms with Crippen LogP contribution in [0, 0.1) is 0 Å². The lowest BCUT2D eigenvalue weighted by atomic mass is 10.00. The molecule has 38 heavy (non-hydrogen) atoms. The van der Waals surface area contributed by atoms with E-state index in [4.69, 9.17) is 9.47 Å². The Morgan fingerprint density at radius 3 is 2.63 bits per heavy atom. The summed E-state index contributed by atoms with van der Waals surface area (Å²) in [5.74, 6) is 1.79. The van der Waals surface area contributed by atoms with Crippen LogP contribution in [-0.2, 0) is 14.9 Å². The number of hydrogen-bond donors (Lipinski definition) is 3. The number of carbonyl (C=O) groups is 1. The molecule has 2 saturated heterocycles. The highest BCUT2D eigenvalue weighted by molar-refractivity contribution is 7.90. The molecule has 0 aliphatic carbocycles. The van der Waals surface area contributed by atoms with Gasteiger partial charge in [-0.1, -0.05) is 18.2 Å². The van der Waals surface area contributed by atoms with Gasteiger partial charge in [0.05, 0.1) is 17.3 Å². The van der Waals surface area contributed by atoms with Gasteiger partial charge in [-0.3, -0.25) is 14.2 Å². The lowest BCUT2D eigenvalue weighted by Gasteiger charge is -2.36. The fourth-order valence-electron chi connectivity index (χ4n) is 5.46. The summed E-state index contributed by atoms with van der Waals surface area (Å²) in [6, 6.07) is 7.34. The number of likely N-dealkylation sites (tertiary alicyclic amines) is 1. The van der Waals surface area contributed by atoms with Crippen LogP contribution in [-0.4, -0.2) is 79.7 Å². The number of amides is 1. The Kier molecular flexibility index (Phi) is 8.34. The topological polar surface area (TPSA) is 120 Å². The van der Waals surface area contributed by atoms with Gasteiger partial charge in [0.15, 0.2) is 11.5 Å². The number of allylic oxidation sites excluding steroid dienone is 3. The first-order chi connectivity index (χ1) is 17.4. The fraction of sp³-hybridized carbons (Fsp3) is 0.400. The number of benzene rings is 1. The van der Waals surface area contributed by atoms with Crippen LogP contribution < -0.4 is 20.1 Å². The maximum atomic E-state index is 13.3.